The van der Waals surface area contributed by atoms with Crippen LogP contribution in [0.15, 0.2) is 60.7 Å². The lowest BCUT2D eigenvalue weighted by atomic mass is 9.92. The van der Waals surface area contributed by atoms with Crippen LogP contribution >= 0.6 is 0 Å². The average molecular weight is 551 g/mol. The van der Waals surface area contributed by atoms with Crippen LogP contribution in [0.4, 0.5) is 4.79 Å². The molecule has 1 aliphatic carbocycles. The van der Waals surface area contributed by atoms with Gasteiger partial charge in [-0.25, -0.2) is 9.59 Å². The van der Waals surface area contributed by atoms with E-state index in [9.17, 15) is 24.3 Å². The summed E-state index contributed by atoms with van der Waals surface area (Å²) in [6.45, 7) is 8.93. The number of hydrogen-bond donors (Lipinski definition) is 2. The number of carboxylic acids is 1. The van der Waals surface area contributed by atoms with Crippen molar-refractivity contribution in [2.75, 3.05) is 6.54 Å². The molecule has 1 saturated carbocycles. The van der Waals surface area contributed by atoms with Crippen LogP contribution in [0.5, 0.6) is 0 Å². The smallest absolute Gasteiger partial charge is 0.410 e. The van der Waals surface area contributed by atoms with Gasteiger partial charge in [-0.3, -0.25) is 14.5 Å². The molecule has 2 aromatic carbocycles. The minimum Gasteiger partial charge on any atom is -0.480 e. The van der Waals surface area contributed by atoms with Crippen molar-refractivity contribution >= 4 is 23.8 Å². The van der Waals surface area contributed by atoms with Gasteiger partial charge in [-0.15, -0.1) is 0 Å². The van der Waals surface area contributed by atoms with E-state index in [0.29, 0.717) is 0 Å². The highest BCUT2D eigenvalue weighted by Gasteiger charge is 2.46. The predicted molar refractivity (Wildman–Crippen MR) is 153 cm³/mol. The fourth-order valence-electron chi connectivity index (χ4n) is 4.89. The molecule has 0 aromatic heterocycles. The van der Waals surface area contributed by atoms with Crippen LogP contribution in [0.1, 0.15) is 70.9 Å². The number of Topliss-reactive ketones (excluding diaryl/α,β-unsaturated/α-hetero) is 1. The van der Waals surface area contributed by atoms with Crippen LogP contribution in [0.2, 0.25) is 0 Å². The molecular formula is C32H42N2O6. The zero-order valence-corrected chi connectivity index (χ0v) is 24.1. The summed E-state index contributed by atoms with van der Waals surface area (Å²) >= 11 is 0. The molecule has 0 heterocycles. The molecular weight excluding hydrogens is 508 g/mol. The third kappa shape index (κ3) is 9.50. The van der Waals surface area contributed by atoms with E-state index in [1.807, 2.05) is 74.5 Å². The van der Waals surface area contributed by atoms with Crippen molar-refractivity contribution in [2.24, 2.45) is 11.8 Å². The zero-order chi connectivity index (χ0) is 29.4. The highest BCUT2D eigenvalue weighted by Crippen LogP contribution is 2.45. The van der Waals surface area contributed by atoms with Crippen molar-refractivity contribution in [3.63, 3.8) is 0 Å². The number of nitrogens with one attached hydrogen (secondary N) is 1. The Morgan fingerprint density at radius 2 is 1.60 bits per heavy atom. The van der Waals surface area contributed by atoms with Crippen LogP contribution < -0.4 is 5.32 Å². The lowest BCUT2D eigenvalue weighted by Gasteiger charge is -2.28. The van der Waals surface area contributed by atoms with Gasteiger partial charge in [0, 0.05) is 24.3 Å². The van der Waals surface area contributed by atoms with Crippen molar-refractivity contribution in [3.05, 3.63) is 71.8 Å². The molecule has 8 heteroatoms. The number of carbonyl (C=O) groups excluding carboxylic acids is 3. The average Bonchev–Trinajstić information content (AvgIpc) is 3.67. The molecule has 40 heavy (non-hydrogen) atoms. The Kier molecular flexibility index (Phi) is 10.5. The number of nitrogens with zero attached hydrogens (tertiary/aromatic N) is 1. The molecule has 1 unspecified atom stereocenters. The van der Waals surface area contributed by atoms with Gasteiger partial charge in [0.05, 0.1) is 6.54 Å². The second-order valence-corrected chi connectivity index (χ2v) is 12.1. The molecule has 0 aliphatic heterocycles. The molecule has 216 valence electrons. The summed E-state index contributed by atoms with van der Waals surface area (Å²) in [5.74, 6) is -2.48. The van der Waals surface area contributed by atoms with E-state index in [2.05, 4.69) is 5.32 Å². The standard InChI is InChI=1S/C32H42N2O6/c1-21(2)16-27(30(37)38)33-29(36)24(17-22-12-8-6-9-13-22)18-25(35)20-34(31(39)40-32(3,4)5)28-19-26(28)23-14-10-7-11-15-23/h6-15,21,24,26-28H,16-20H2,1-5H3,(H,33,36)(H,37,38)/t24-,26+,27+,28?/m0/s1. The predicted octanol–water partition coefficient (Wildman–Crippen LogP) is 5.21. The molecule has 1 fully saturated rings. The first-order chi connectivity index (χ1) is 18.8. The Morgan fingerprint density at radius 3 is 2.15 bits per heavy atom. The van der Waals surface area contributed by atoms with E-state index in [-0.39, 0.29) is 49.5 Å². The largest absolute Gasteiger partial charge is 0.480 e. The Bertz CT molecular complexity index is 1160. The van der Waals surface area contributed by atoms with Gasteiger partial charge in [-0.1, -0.05) is 74.5 Å². The fourth-order valence-corrected chi connectivity index (χ4v) is 4.89. The number of benzene rings is 2. The number of amides is 2. The quantitative estimate of drug-likeness (QED) is 0.354. The lowest BCUT2D eigenvalue weighted by Crippen LogP contribution is -2.46. The van der Waals surface area contributed by atoms with E-state index in [0.717, 1.165) is 17.5 Å². The van der Waals surface area contributed by atoms with Gasteiger partial charge < -0.3 is 15.2 Å². The van der Waals surface area contributed by atoms with Crippen molar-refractivity contribution in [3.8, 4) is 0 Å². The van der Waals surface area contributed by atoms with Crippen molar-refractivity contribution in [1.29, 1.82) is 0 Å². The molecule has 0 saturated heterocycles. The first-order valence-corrected chi connectivity index (χ1v) is 14.0. The first kappa shape index (κ1) is 30.9. The number of ketones is 1. The summed E-state index contributed by atoms with van der Waals surface area (Å²) in [5.41, 5.74) is 1.23. The van der Waals surface area contributed by atoms with Gasteiger partial charge in [0.15, 0.2) is 5.78 Å². The topological polar surface area (TPSA) is 113 Å². The maximum Gasteiger partial charge on any atom is 0.410 e. The molecule has 8 nitrogen and oxygen atoms in total. The summed E-state index contributed by atoms with van der Waals surface area (Å²) in [6.07, 6.45) is 0.587. The second-order valence-electron chi connectivity index (χ2n) is 12.1. The monoisotopic (exact) mass is 550 g/mol. The minimum atomic E-state index is -1.11. The van der Waals surface area contributed by atoms with E-state index < -0.39 is 35.5 Å². The molecule has 0 radical (unpaired) electrons. The minimum absolute atomic E-state index is 0.0640. The van der Waals surface area contributed by atoms with E-state index >= 15 is 0 Å². The molecule has 1 aliphatic rings. The van der Waals surface area contributed by atoms with Crippen molar-refractivity contribution < 1.29 is 29.0 Å². The summed E-state index contributed by atoms with van der Waals surface area (Å²) in [7, 11) is 0. The van der Waals surface area contributed by atoms with Gasteiger partial charge >= 0.3 is 12.1 Å². The highest BCUT2D eigenvalue weighted by atomic mass is 16.6. The molecule has 2 amide bonds. The van der Waals surface area contributed by atoms with Gasteiger partial charge in [0.1, 0.15) is 11.6 Å². The molecule has 2 aromatic rings. The number of hydrogen-bond acceptors (Lipinski definition) is 5. The Labute approximate surface area is 237 Å². The van der Waals surface area contributed by atoms with E-state index in [4.69, 9.17) is 4.74 Å². The van der Waals surface area contributed by atoms with Crippen molar-refractivity contribution in [1.82, 2.24) is 10.2 Å². The molecule has 0 spiro atoms. The Balaban J connectivity index is 1.78. The molecule has 2 N–H and O–H groups in total. The summed E-state index contributed by atoms with van der Waals surface area (Å²) in [6, 6.07) is 17.9. The third-order valence-corrected chi connectivity index (χ3v) is 6.85. The van der Waals surface area contributed by atoms with Gasteiger partial charge in [-0.2, -0.15) is 0 Å². The number of carboxylic acid groups (broad SMARTS) is 1. The first-order valence-electron chi connectivity index (χ1n) is 14.0. The van der Waals surface area contributed by atoms with Gasteiger partial charge in [-0.05, 0) is 57.1 Å². The van der Waals surface area contributed by atoms with Gasteiger partial charge in [0.25, 0.3) is 0 Å². The lowest BCUT2D eigenvalue weighted by molar-refractivity contribution is -0.143. The summed E-state index contributed by atoms with van der Waals surface area (Å²) < 4.78 is 5.64. The Hall–Kier alpha value is -3.68. The molecule has 4 atom stereocenters. The summed E-state index contributed by atoms with van der Waals surface area (Å²) in [4.78, 5) is 53.3. The molecule has 3 rings (SSSR count). The van der Waals surface area contributed by atoms with Crippen LogP contribution in [-0.2, 0) is 25.5 Å². The number of rotatable bonds is 13. The highest BCUT2D eigenvalue weighted by molar-refractivity contribution is 5.91. The summed E-state index contributed by atoms with van der Waals surface area (Å²) in [5, 5.41) is 12.3. The molecule has 0 bridgehead atoms. The third-order valence-electron chi connectivity index (χ3n) is 6.85. The van der Waals surface area contributed by atoms with Gasteiger partial charge in [0.2, 0.25) is 5.91 Å². The van der Waals surface area contributed by atoms with Crippen LogP contribution in [0, 0.1) is 11.8 Å². The van der Waals surface area contributed by atoms with Crippen LogP contribution in [0.3, 0.4) is 0 Å². The van der Waals surface area contributed by atoms with Crippen molar-refractivity contribution in [2.45, 2.75) is 83.9 Å². The Morgan fingerprint density at radius 1 is 1.00 bits per heavy atom. The maximum absolute atomic E-state index is 13.5. The van der Waals surface area contributed by atoms with Crippen LogP contribution in [-0.4, -0.2) is 58.0 Å². The second kappa shape index (κ2) is 13.6. The van der Waals surface area contributed by atoms with Crippen LogP contribution in [0.25, 0.3) is 0 Å². The fraction of sp³-hybridized carbons (Fsp3) is 0.500. The van der Waals surface area contributed by atoms with E-state index in [1.54, 1.807) is 20.8 Å². The number of carbonyl (C=O) groups is 4. The van der Waals surface area contributed by atoms with E-state index in [1.165, 1.54) is 4.90 Å². The normalized spacial score (nSPS) is 17.9. The SMILES string of the molecule is CC(C)C[C@@H](NC(=O)[C@H](CC(=O)CN(C(=O)OC(C)(C)C)C1C[C@@H]1c1ccccc1)Cc1ccccc1)C(=O)O. The zero-order valence-electron chi connectivity index (χ0n) is 24.1. The number of ether oxygens (including phenoxy) is 1. The number of aliphatic carboxylic acids is 1. The maximum atomic E-state index is 13.5.